The van der Waals surface area contributed by atoms with Gasteiger partial charge in [-0.05, 0) is 44.4 Å². The van der Waals surface area contributed by atoms with Gasteiger partial charge in [0.15, 0.2) is 0 Å². The third-order valence-corrected chi connectivity index (χ3v) is 3.19. The van der Waals surface area contributed by atoms with Gasteiger partial charge in [0.1, 0.15) is 5.82 Å². The van der Waals surface area contributed by atoms with E-state index in [0.717, 1.165) is 11.3 Å². The van der Waals surface area contributed by atoms with Crippen molar-refractivity contribution in [1.82, 2.24) is 9.55 Å². The lowest BCUT2D eigenvalue weighted by molar-refractivity contribution is 0.639. The number of fused-ring (bicyclic) bond motifs is 1. The van der Waals surface area contributed by atoms with Crippen molar-refractivity contribution in [2.75, 3.05) is 0 Å². The number of imidazole rings is 1. The molecule has 84 valence electrons. The summed E-state index contributed by atoms with van der Waals surface area (Å²) in [5, 5.41) is 0. The van der Waals surface area contributed by atoms with E-state index in [2.05, 4.69) is 34.7 Å². The van der Waals surface area contributed by atoms with Crippen LogP contribution in [0, 0.1) is 6.92 Å². The predicted octanol–water partition coefficient (Wildman–Crippen LogP) is 2.70. The standard InChI is InChI=1S/C13H17N3/c1-8-3-6-12-11(7-8)15-13(9(2)14)16(12)10-4-5-10/h3,6-7,9-10H,4-5,14H2,1-2H3/t9-/m0/s1. The summed E-state index contributed by atoms with van der Waals surface area (Å²) in [4.78, 5) is 4.67. The lowest BCUT2D eigenvalue weighted by atomic mass is 10.2. The molecular formula is C13H17N3. The van der Waals surface area contributed by atoms with E-state index in [1.165, 1.54) is 23.9 Å². The average molecular weight is 215 g/mol. The molecule has 1 heterocycles. The van der Waals surface area contributed by atoms with E-state index in [9.17, 15) is 0 Å². The summed E-state index contributed by atoms with van der Waals surface area (Å²) < 4.78 is 2.33. The molecule has 1 atom stereocenters. The van der Waals surface area contributed by atoms with E-state index >= 15 is 0 Å². The van der Waals surface area contributed by atoms with Crippen LogP contribution in [0.3, 0.4) is 0 Å². The van der Waals surface area contributed by atoms with Gasteiger partial charge in [-0.3, -0.25) is 0 Å². The Hall–Kier alpha value is -1.35. The normalized spacial score (nSPS) is 17.9. The maximum atomic E-state index is 6.00. The zero-order chi connectivity index (χ0) is 11.3. The smallest absolute Gasteiger partial charge is 0.126 e. The Bertz CT molecular complexity index is 535. The number of nitrogens with zero attached hydrogens (tertiary/aromatic N) is 2. The molecule has 1 fully saturated rings. The summed E-state index contributed by atoms with van der Waals surface area (Å²) in [6, 6.07) is 7.09. The van der Waals surface area contributed by atoms with Crippen LogP contribution >= 0.6 is 0 Å². The number of hydrogen-bond donors (Lipinski definition) is 1. The Morgan fingerprint density at radius 2 is 2.19 bits per heavy atom. The van der Waals surface area contributed by atoms with Gasteiger partial charge < -0.3 is 10.3 Å². The monoisotopic (exact) mass is 215 g/mol. The van der Waals surface area contributed by atoms with Gasteiger partial charge in [-0.1, -0.05) is 6.07 Å². The number of aryl methyl sites for hydroxylation is 1. The number of benzene rings is 1. The van der Waals surface area contributed by atoms with Crippen molar-refractivity contribution in [3.05, 3.63) is 29.6 Å². The maximum absolute atomic E-state index is 6.00. The van der Waals surface area contributed by atoms with Gasteiger partial charge in [0, 0.05) is 6.04 Å². The molecule has 0 amide bonds. The van der Waals surface area contributed by atoms with Gasteiger partial charge in [-0.15, -0.1) is 0 Å². The lowest BCUT2D eigenvalue weighted by Gasteiger charge is -2.09. The number of nitrogens with two attached hydrogens (primary N) is 1. The van der Waals surface area contributed by atoms with Gasteiger partial charge in [-0.2, -0.15) is 0 Å². The first-order chi connectivity index (χ1) is 7.66. The maximum Gasteiger partial charge on any atom is 0.126 e. The van der Waals surface area contributed by atoms with E-state index in [1.54, 1.807) is 0 Å². The minimum atomic E-state index is 0.00769. The Balaban J connectivity index is 2.28. The van der Waals surface area contributed by atoms with E-state index in [0.29, 0.717) is 6.04 Å². The van der Waals surface area contributed by atoms with E-state index in [1.807, 2.05) is 6.92 Å². The summed E-state index contributed by atoms with van der Waals surface area (Å²) in [6.07, 6.45) is 2.53. The Kier molecular flexibility index (Phi) is 2.04. The Morgan fingerprint density at radius 1 is 1.44 bits per heavy atom. The summed E-state index contributed by atoms with van der Waals surface area (Å²) in [7, 11) is 0. The Labute approximate surface area is 95.3 Å². The highest BCUT2D eigenvalue weighted by atomic mass is 15.1. The molecule has 1 aromatic heterocycles. The Morgan fingerprint density at radius 3 is 2.81 bits per heavy atom. The summed E-state index contributed by atoms with van der Waals surface area (Å²) >= 11 is 0. The predicted molar refractivity (Wildman–Crippen MR) is 65.3 cm³/mol. The van der Waals surface area contributed by atoms with E-state index < -0.39 is 0 Å². The third-order valence-electron chi connectivity index (χ3n) is 3.19. The molecule has 0 saturated heterocycles. The van der Waals surface area contributed by atoms with Crippen LogP contribution in [0.4, 0.5) is 0 Å². The average Bonchev–Trinajstić information content (AvgIpc) is 2.99. The molecule has 1 saturated carbocycles. The molecule has 0 aliphatic heterocycles. The second kappa shape index (κ2) is 3.32. The summed E-state index contributed by atoms with van der Waals surface area (Å²) in [5.41, 5.74) is 9.57. The highest BCUT2D eigenvalue weighted by Crippen LogP contribution is 2.39. The quantitative estimate of drug-likeness (QED) is 0.837. The molecule has 0 bridgehead atoms. The highest BCUT2D eigenvalue weighted by molar-refractivity contribution is 5.77. The summed E-state index contributed by atoms with van der Waals surface area (Å²) in [6.45, 7) is 4.11. The van der Waals surface area contributed by atoms with E-state index in [-0.39, 0.29) is 6.04 Å². The fourth-order valence-corrected chi connectivity index (χ4v) is 2.27. The minimum absolute atomic E-state index is 0.00769. The number of rotatable bonds is 2. The third kappa shape index (κ3) is 1.43. The molecule has 3 heteroatoms. The molecule has 3 rings (SSSR count). The largest absolute Gasteiger partial charge is 0.324 e. The van der Waals surface area contributed by atoms with Crippen LogP contribution in [0.15, 0.2) is 18.2 Å². The van der Waals surface area contributed by atoms with Crippen LogP contribution in [-0.4, -0.2) is 9.55 Å². The molecular weight excluding hydrogens is 198 g/mol. The van der Waals surface area contributed by atoms with Crippen molar-refractivity contribution in [3.8, 4) is 0 Å². The molecule has 1 aromatic carbocycles. The second-order valence-corrected chi connectivity index (χ2v) is 4.85. The van der Waals surface area contributed by atoms with Crippen molar-refractivity contribution in [2.45, 2.75) is 38.8 Å². The number of aromatic nitrogens is 2. The van der Waals surface area contributed by atoms with Crippen LogP contribution < -0.4 is 5.73 Å². The minimum Gasteiger partial charge on any atom is -0.324 e. The first-order valence-electron chi connectivity index (χ1n) is 5.91. The molecule has 0 unspecified atom stereocenters. The van der Waals surface area contributed by atoms with Crippen molar-refractivity contribution in [3.63, 3.8) is 0 Å². The summed E-state index contributed by atoms with van der Waals surface area (Å²) in [5.74, 6) is 1.03. The molecule has 0 radical (unpaired) electrons. The van der Waals surface area contributed by atoms with Crippen molar-refractivity contribution >= 4 is 11.0 Å². The van der Waals surface area contributed by atoms with E-state index in [4.69, 9.17) is 5.73 Å². The molecule has 1 aliphatic rings. The van der Waals surface area contributed by atoms with Crippen LogP contribution in [-0.2, 0) is 0 Å². The lowest BCUT2D eigenvalue weighted by Crippen LogP contribution is -2.12. The first kappa shape index (κ1) is 9.85. The van der Waals surface area contributed by atoms with Crippen molar-refractivity contribution in [2.24, 2.45) is 5.73 Å². The van der Waals surface area contributed by atoms with Gasteiger partial charge in [-0.25, -0.2) is 4.98 Å². The molecule has 2 aromatic rings. The fraction of sp³-hybridized carbons (Fsp3) is 0.462. The molecule has 2 N–H and O–H groups in total. The highest BCUT2D eigenvalue weighted by Gasteiger charge is 2.28. The van der Waals surface area contributed by atoms with Gasteiger partial charge in [0.2, 0.25) is 0 Å². The molecule has 0 spiro atoms. The van der Waals surface area contributed by atoms with Crippen molar-refractivity contribution in [1.29, 1.82) is 0 Å². The van der Waals surface area contributed by atoms with Gasteiger partial charge in [0.25, 0.3) is 0 Å². The second-order valence-electron chi connectivity index (χ2n) is 4.85. The van der Waals surface area contributed by atoms with Crippen LogP contribution in [0.5, 0.6) is 0 Å². The zero-order valence-corrected chi connectivity index (χ0v) is 9.77. The molecule has 3 nitrogen and oxygen atoms in total. The van der Waals surface area contributed by atoms with Gasteiger partial charge >= 0.3 is 0 Å². The molecule has 16 heavy (non-hydrogen) atoms. The van der Waals surface area contributed by atoms with Gasteiger partial charge in [0.05, 0.1) is 17.1 Å². The SMILES string of the molecule is Cc1ccc2c(c1)nc([C@H](C)N)n2C1CC1. The topological polar surface area (TPSA) is 43.8 Å². The van der Waals surface area contributed by atoms with Crippen LogP contribution in [0.2, 0.25) is 0 Å². The van der Waals surface area contributed by atoms with Crippen molar-refractivity contribution < 1.29 is 0 Å². The van der Waals surface area contributed by atoms with Crippen LogP contribution in [0.1, 0.15) is 43.2 Å². The fourth-order valence-electron chi connectivity index (χ4n) is 2.27. The number of hydrogen-bond acceptors (Lipinski definition) is 2. The zero-order valence-electron chi connectivity index (χ0n) is 9.77. The molecule has 1 aliphatic carbocycles. The first-order valence-corrected chi connectivity index (χ1v) is 5.91. The van der Waals surface area contributed by atoms with Crippen LogP contribution in [0.25, 0.3) is 11.0 Å².